The largest absolute Gasteiger partial charge is 0.480 e. The number of aliphatic carboxylic acids is 1. The average Bonchev–Trinajstić information content (AvgIpc) is 2.16. The van der Waals surface area contributed by atoms with Gasteiger partial charge in [0, 0.05) is 11.3 Å². The number of aliphatic hydroxyl groups excluding tert-OH is 1. The zero-order valence-corrected chi connectivity index (χ0v) is 7.42. The van der Waals surface area contributed by atoms with Gasteiger partial charge in [0.1, 0.15) is 12.1 Å². The van der Waals surface area contributed by atoms with E-state index >= 15 is 0 Å². The minimum atomic E-state index is -1.36. The molecule has 1 aromatic carbocycles. The van der Waals surface area contributed by atoms with Crippen LogP contribution in [0.3, 0.4) is 0 Å². The summed E-state index contributed by atoms with van der Waals surface area (Å²) in [7, 11) is 0. The van der Waals surface area contributed by atoms with Crippen molar-refractivity contribution in [3.63, 3.8) is 0 Å². The van der Waals surface area contributed by atoms with Crippen LogP contribution in [-0.2, 0) is 4.79 Å². The molecule has 5 heteroatoms. The summed E-state index contributed by atoms with van der Waals surface area (Å²) in [6.45, 7) is 0. The molecule has 0 saturated carbocycles. The van der Waals surface area contributed by atoms with Crippen molar-refractivity contribution in [1.29, 1.82) is 0 Å². The molecule has 0 spiro atoms. The van der Waals surface area contributed by atoms with Crippen molar-refractivity contribution < 1.29 is 15.0 Å². The Balaban J connectivity index is 2.94. The molecule has 1 aromatic rings. The first kappa shape index (κ1) is 10.5. The smallest absolute Gasteiger partial charge is 0.323 e. The van der Waals surface area contributed by atoms with E-state index < -0.39 is 18.1 Å². The van der Waals surface area contributed by atoms with Crippen LogP contribution >= 0.6 is 0 Å². The lowest BCUT2D eigenvalue weighted by atomic mass is 10.0. The van der Waals surface area contributed by atoms with E-state index in [-0.39, 0.29) is 0 Å². The van der Waals surface area contributed by atoms with Crippen LogP contribution in [0.15, 0.2) is 24.3 Å². The maximum absolute atomic E-state index is 10.5. The second-order valence-electron chi connectivity index (χ2n) is 2.94. The fraction of sp³-hybridized carbons (Fsp3) is 0.222. The van der Waals surface area contributed by atoms with Gasteiger partial charge in [-0.25, -0.2) is 0 Å². The zero-order valence-electron chi connectivity index (χ0n) is 7.42. The summed E-state index contributed by atoms with van der Waals surface area (Å²) < 4.78 is 0. The van der Waals surface area contributed by atoms with Gasteiger partial charge in [0.25, 0.3) is 0 Å². The van der Waals surface area contributed by atoms with E-state index in [4.69, 9.17) is 16.6 Å². The molecule has 0 fully saturated rings. The first-order valence-electron chi connectivity index (χ1n) is 4.05. The highest BCUT2D eigenvalue weighted by molar-refractivity contribution is 5.74. The summed E-state index contributed by atoms with van der Waals surface area (Å²) >= 11 is 0. The van der Waals surface area contributed by atoms with Crippen molar-refractivity contribution in [2.24, 2.45) is 5.73 Å². The topological polar surface area (TPSA) is 110 Å². The van der Waals surface area contributed by atoms with Gasteiger partial charge in [-0.1, -0.05) is 18.2 Å². The van der Waals surface area contributed by atoms with Gasteiger partial charge >= 0.3 is 5.97 Å². The van der Waals surface area contributed by atoms with E-state index in [1.165, 1.54) is 0 Å². The summed E-state index contributed by atoms with van der Waals surface area (Å²) in [4.78, 5) is 10.5. The normalized spacial score (nSPS) is 14.7. The second kappa shape index (κ2) is 4.08. The molecule has 0 aromatic heterocycles. The number of para-hydroxylation sites is 1. The van der Waals surface area contributed by atoms with Crippen molar-refractivity contribution in [2.75, 3.05) is 5.73 Å². The van der Waals surface area contributed by atoms with Crippen molar-refractivity contribution >= 4 is 11.7 Å². The molecule has 1 rings (SSSR count). The number of hydrogen-bond acceptors (Lipinski definition) is 4. The lowest BCUT2D eigenvalue weighted by Gasteiger charge is -2.16. The number of carbonyl (C=O) groups is 1. The van der Waals surface area contributed by atoms with E-state index in [9.17, 15) is 9.90 Å². The Labute approximate surface area is 81.0 Å². The van der Waals surface area contributed by atoms with Crippen LogP contribution < -0.4 is 11.5 Å². The van der Waals surface area contributed by atoms with Gasteiger partial charge in [-0.2, -0.15) is 0 Å². The Morgan fingerprint density at radius 1 is 1.36 bits per heavy atom. The number of carboxylic acids is 1. The number of nitrogen functional groups attached to an aromatic ring is 1. The van der Waals surface area contributed by atoms with Crippen LogP contribution in [-0.4, -0.2) is 22.2 Å². The Morgan fingerprint density at radius 3 is 2.43 bits per heavy atom. The Hall–Kier alpha value is -1.59. The molecule has 6 N–H and O–H groups in total. The molecule has 0 heterocycles. The monoisotopic (exact) mass is 196 g/mol. The SMILES string of the molecule is Nc1ccccc1[C@H](O)[C@@H](N)C(=O)O. The second-order valence-corrected chi connectivity index (χ2v) is 2.94. The molecular formula is C9H12N2O3. The van der Waals surface area contributed by atoms with E-state index in [0.717, 1.165) is 0 Å². The summed E-state index contributed by atoms with van der Waals surface area (Å²) in [6.07, 6.45) is -1.28. The lowest BCUT2D eigenvalue weighted by molar-refractivity contribution is -0.141. The molecule has 0 aliphatic carbocycles. The molecule has 0 aliphatic heterocycles. The standard InChI is InChI=1S/C9H12N2O3/c10-6-4-2-1-3-5(6)8(12)7(11)9(13)14/h1-4,7-8,12H,10-11H2,(H,13,14)/t7-,8+/m1/s1. The third-order valence-electron chi connectivity index (χ3n) is 1.94. The highest BCUT2D eigenvalue weighted by Crippen LogP contribution is 2.21. The van der Waals surface area contributed by atoms with Gasteiger partial charge in [-0.3, -0.25) is 4.79 Å². The first-order valence-corrected chi connectivity index (χ1v) is 4.05. The molecule has 0 unspecified atom stereocenters. The maximum atomic E-state index is 10.5. The lowest BCUT2D eigenvalue weighted by Crippen LogP contribution is -2.36. The predicted octanol–water partition coefficient (Wildman–Crippen LogP) is -0.286. The fourth-order valence-electron chi connectivity index (χ4n) is 1.11. The van der Waals surface area contributed by atoms with Crippen molar-refractivity contribution in [2.45, 2.75) is 12.1 Å². The minimum absolute atomic E-state index is 0.330. The number of hydrogen-bond donors (Lipinski definition) is 4. The van der Waals surface area contributed by atoms with Gasteiger partial charge < -0.3 is 21.7 Å². The van der Waals surface area contributed by atoms with Crippen LogP contribution in [0.2, 0.25) is 0 Å². The summed E-state index contributed by atoms with van der Waals surface area (Å²) in [6, 6.07) is 5.11. The van der Waals surface area contributed by atoms with E-state index in [1.54, 1.807) is 24.3 Å². The van der Waals surface area contributed by atoms with Gasteiger partial charge in [0.2, 0.25) is 0 Å². The Morgan fingerprint density at radius 2 is 1.93 bits per heavy atom. The fourth-order valence-corrected chi connectivity index (χ4v) is 1.11. The first-order chi connectivity index (χ1) is 6.54. The summed E-state index contributed by atoms with van der Waals surface area (Å²) in [5.74, 6) is -1.26. The highest BCUT2D eigenvalue weighted by Gasteiger charge is 2.24. The number of anilines is 1. The van der Waals surface area contributed by atoms with Gasteiger partial charge in [-0.15, -0.1) is 0 Å². The number of nitrogens with two attached hydrogens (primary N) is 2. The van der Waals surface area contributed by atoms with Crippen LogP contribution in [0.5, 0.6) is 0 Å². The van der Waals surface area contributed by atoms with Crippen molar-refractivity contribution in [3.05, 3.63) is 29.8 Å². The zero-order chi connectivity index (χ0) is 10.7. The molecular weight excluding hydrogens is 184 g/mol. The molecule has 0 aliphatic rings. The summed E-state index contributed by atoms with van der Waals surface area (Å²) in [5.41, 5.74) is 11.5. The minimum Gasteiger partial charge on any atom is -0.480 e. The van der Waals surface area contributed by atoms with Crippen LogP contribution in [0, 0.1) is 0 Å². The average molecular weight is 196 g/mol. The number of aliphatic hydroxyl groups is 1. The molecule has 14 heavy (non-hydrogen) atoms. The quantitative estimate of drug-likeness (QED) is 0.497. The number of rotatable bonds is 3. The molecule has 0 bridgehead atoms. The van der Waals surface area contributed by atoms with Gasteiger partial charge in [0.15, 0.2) is 0 Å². The number of carboxylic acid groups (broad SMARTS) is 1. The van der Waals surface area contributed by atoms with E-state index in [1.807, 2.05) is 0 Å². The van der Waals surface area contributed by atoms with Crippen LogP contribution in [0.25, 0.3) is 0 Å². The molecule has 0 saturated heterocycles. The Kier molecular flexibility index (Phi) is 3.06. The number of benzene rings is 1. The third kappa shape index (κ3) is 2.01. The van der Waals surface area contributed by atoms with E-state index in [0.29, 0.717) is 11.3 Å². The van der Waals surface area contributed by atoms with Gasteiger partial charge in [0.05, 0.1) is 0 Å². The Bertz CT molecular complexity index is 341. The molecule has 76 valence electrons. The van der Waals surface area contributed by atoms with Crippen molar-refractivity contribution in [3.8, 4) is 0 Å². The molecule has 2 atom stereocenters. The van der Waals surface area contributed by atoms with Gasteiger partial charge in [-0.05, 0) is 6.07 Å². The maximum Gasteiger partial charge on any atom is 0.323 e. The summed E-state index contributed by atoms with van der Waals surface area (Å²) in [5, 5.41) is 18.1. The van der Waals surface area contributed by atoms with Crippen LogP contribution in [0.1, 0.15) is 11.7 Å². The third-order valence-corrected chi connectivity index (χ3v) is 1.94. The van der Waals surface area contributed by atoms with E-state index in [2.05, 4.69) is 0 Å². The predicted molar refractivity (Wildman–Crippen MR) is 51.4 cm³/mol. The molecule has 0 amide bonds. The molecule has 0 radical (unpaired) electrons. The molecule has 5 nitrogen and oxygen atoms in total. The van der Waals surface area contributed by atoms with Crippen molar-refractivity contribution in [1.82, 2.24) is 0 Å². The highest BCUT2D eigenvalue weighted by atomic mass is 16.4. The van der Waals surface area contributed by atoms with Crippen LogP contribution in [0.4, 0.5) is 5.69 Å².